The first-order valence-electron chi connectivity index (χ1n) is 13.4. The Labute approximate surface area is 239 Å². The van der Waals surface area contributed by atoms with Crippen LogP contribution in [0.3, 0.4) is 0 Å². The molecule has 1 N–H and O–H groups in total. The van der Waals surface area contributed by atoms with Crippen molar-refractivity contribution in [3.63, 3.8) is 0 Å². The molecule has 8 heteroatoms. The second-order valence-electron chi connectivity index (χ2n) is 10.2. The molecule has 2 aliphatic rings. The number of halogens is 2. The Kier molecular flexibility index (Phi) is 8.95. The van der Waals surface area contributed by atoms with Gasteiger partial charge in [0, 0.05) is 25.4 Å². The number of hydrogen-bond acceptors (Lipinski definition) is 4. The lowest BCUT2D eigenvalue weighted by molar-refractivity contribution is -0.141. The summed E-state index contributed by atoms with van der Waals surface area (Å²) in [5.74, 6) is 1.16. The number of carbonyl (C=O) groups is 2. The number of aryl methyl sites for hydroxylation is 1. The Morgan fingerprint density at radius 2 is 1.62 bits per heavy atom. The van der Waals surface area contributed by atoms with E-state index in [4.69, 9.17) is 32.7 Å². The van der Waals surface area contributed by atoms with Crippen LogP contribution >= 0.6 is 23.2 Å². The van der Waals surface area contributed by atoms with E-state index in [1.54, 1.807) is 17.0 Å². The van der Waals surface area contributed by atoms with Crippen LogP contribution in [0.5, 0.6) is 11.5 Å². The first kappa shape index (κ1) is 27.4. The molecular formula is C31H32Cl2N2O4. The van der Waals surface area contributed by atoms with Crippen molar-refractivity contribution in [2.75, 3.05) is 6.79 Å². The molecule has 6 nitrogen and oxygen atoms in total. The number of nitrogens with zero attached hydrogens (tertiary/aromatic N) is 1. The number of nitrogens with one attached hydrogen (secondary N) is 1. The molecule has 39 heavy (non-hydrogen) atoms. The highest BCUT2D eigenvalue weighted by Gasteiger charge is 2.32. The van der Waals surface area contributed by atoms with Gasteiger partial charge in [0.05, 0.1) is 10.0 Å². The van der Waals surface area contributed by atoms with Gasteiger partial charge in [0.25, 0.3) is 0 Å². The molecule has 3 aromatic carbocycles. The zero-order valence-electron chi connectivity index (χ0n) is 21.7. The largest absolute Gasteiger partial charge is 0.454 e. The minimum absolute atomic E-state index is 0.110. The van der Waals surface area contributed by atoms with E-state index in [1.807, 2.05) is 54.6 Å². The molecule has 0 spiro atoms. The fraction of sp³-hybridized carbons (Fsp3) is 0.355. The SMILES string of the molecule is O=C(NC1CCCC1)C(Cc1ccccc1)N(Cc1ccc(Cl)c(Cl)c1)C(=O)CCc1ccc2c(c1)OCO2. The lowest BCUT2D eigenvalue weighted by atomic mass is 10.0. The van der Waals surface area contributed by atoms with E-state index in [9.17, 15) is 9.59 Å². The minimum Gasteiger partial charge on any atom is -0.454 e. The van der Waals surface area contributed by atoms with E-state index in [-0.39, 0.29) is 37.6 Å². The Morgan fingerprint density at radius 3 is 2.38 bits per heavy atom. The summed E-state index contributed by atoms with van der Waals surface area (Å²) in [6, 6.07) is 20.3. The molecule has 1 aliphatic heterocycles. The predicted octanol–water partition coefficient (Wildman–Crippen LogP) is 6.35. The zero-order valence-corrected chi connectivity index (χ0v) is 23.2. The van der Waals surface area contributed by atoms with Crippen molar-refractivity contribution < 1.29 is 19.1 Å². The lowest BCUT2D eigenvalue weighted by Crippen LogP contribution is -2.52. The van der Waals surface area contributed by atoms with E-state index in [0.717, 1.165) is 42.4 Å². The lowest BCUT2D eigenvalue weighted by Gasteiger charge is -2.32. The summed E-state index contributed by atoms with van der Waals surface area (Å²) in [5, 5.41) is 4.09. The molecule has 1 saturated carbocycles. The first-order chi connectivity index (χ1) is 19.0. The predicted molar refractivity (Wildman–Crippen MR) is 152 cm³/mol. The number of rotatable bonds is 10. The monoisotopic (exact) mass is 566 g/mol. The maximum Gasteiger partial charge on any atom is 0.243 e. The van der Waals surface area contributed by atoms with Crippen LogP contribution in [0.15, 0.2) is 66.7 Å². The van der Waals surface area contributed by atoms with Crippen LogP contribution in [0.1, 0.15) is 48.8 Å². The Morgan fingerprint density at radius 1 is 0.872 bits per heavy atom. The number of amides is 2. The molecular weight excluding hydrogens is 535 g/mol. The molecule has 1 heterocycles. The summed E-state index contributed by atoms with van der Waals surface area (Å²) in [5.41, 5.74) is 2.77. The van der Waals surface area contributed by atoms with Crippen LogP contribution in [0.4, 0.5) is 0 Å². The number of benzene rings is 3. The second-order valence-corrected chi connectivity index (χ2v) is 11.0. The third kappa shape index (κ3) is 7.06. The normalized spacial score (nSPS) is 15.2. The zero-order chi connectivity index (χ0) is 27.2. The van der Waals surface area contributed by atoms with E-state index in [1.165, 1.54) is 0 Å². The van der Waals surface area contributed by atoms with Gasteiger partial charge in [-0.05, 0) is 60.2 Å². The van der Waals surface area contributed by atoms with Crippen LogP contribution in [-0.2, 0) is 29.0 Å². The van der Waals surface area contributed by atoms with Gasteiger partial charge in [-0.1, -0.05) is 78.5 Å². The molecule has 1 aliphatic carbocycles. The molecule has 3 aromatic rings. The first-order valence-corrected chi connectivity index (χ1v) is 14.2. The summed E-state index contributed by atoms with van der Waals surface area (Å²) in [7, 11) is 0. The van der Waals surface area contributed by atoms with Crippen molar-refractivity contribution in [1.82, 2.24) is 10.2 Å². The third-order valence-electron chi connectivity index (χ3n) is 7.37. The number of hydrogen-bond donors (Lipinski definition) is 1. The van der Waals surface area contributed by atoms with Crippen LogP contribution in [-0.4, -0.2) is 35.6 Å². The van der Waals surface area contributed by atoms with Gasteiger partial charge in [0.2, 0.25) is 18.6 Å². The van der Waals surface area contributed by atoms with Crippen molar-refractivity contribution >= 4 is 35.0 Å². The summed E-state index contributed by atoms with van der Waals surface area (Å²) >= 11 is 12.5. The summed E-state index contributed by atoms with van der Waals surface area (Å²) in [6.45, 7) is 0.443. The van der Waals surface area contributed by atoms with Crippen molar-refractivity contribution in [1.29, 1.82) is 0 Å². The maximum absolute atomic E-state index is 13.9. The van der Waals surface area contributed by atoms with Crippen molar-refractivity contribution in [3.8, 4) is 11.5 Å². The molecule has 0 saturated heterocycles. The van der Waals surface area contributed by atoms with Gasteiger partial charge >= 0.3 is 0 Å². The molecule has 0 radical (unpaired) electrons. The molecule has 1 unspecified atom stereocenters. The molecule has 204 valence electrons. The van der Waals surface area contributed by atoms with Gasteiger partial charge in [-0.2, -0.15) is 0 Å². The van der Waals surface area contributed by atoms with Crippen molar-refractivity contribution in [3.05, 3.63) is 93.5 Å². The number of ether oxygens (including phenoxy) is 2. The van der Waals surface area contributed by atoms with Gasteiger partial charge in [-0.25, -0.2) is 0 Å². The van der Waals surface area contributed by atoms with Crippen LogP contribution < -0.4 is 14.8 Å². The topological polar surface area (TPSA) is 67.9 Å². The van der Waals surface area contributed by atoms with Gasteiger partial charge in [-0.3, -0.25) is 9.59 Å². The highest BCUT2D eigenvalue weighted by Crippen LogP contribution is 2.33. The molecule has 5 rings (SSSR count). The van der Waals surface area contributed by atoms with Crippen LogP contribution in [0, 0.1) is 0 Å². The van der Waals surface area contributed by atoms with Crippen LogP contribution in [0.2, 0.25) is 10.0 Å². The summed E-state index contributed by atoms with van der Waals surface area (Å²) in [4.78, 5) is 29.4. The molecule has 1 fully saturated rings. The summed E-state index contributed by atoms with van der Waals surface area (Å²) < 4.78 is 10.9. The smallest absolute Gasteiger partial charge is 0.243 e. The third-order valence-corrected chi connectivity index (χ3v) is 8.11. The Balaban J connectivity index is 1.41. The van der Waals surface area contributed by atoms with Crippen molar-refractivity contribution in [2.45, 2.75) is 63.6 Å². The highest BCUT2D eigenvalue weighted by molar-refractivity contribution is 6.42. The average molecular weight is 568 g/mol. The highest BCUT2D eigenvalue weighted by atomic mass is 35.5. The average Bonchev–Trinajstić information content (AvgIpc) is 3.63. The summed E-state index contributed by atoms with van der Waals surface area (Å²) in [6.07, 6.45) is 5.31. The molecule has 0 aromatic heterocycles. The van der Waals surface area contributed by atoms with Crippen molar-refractivity contribution in [2.24, 2.45) is 0 Å². The Bertz CT molecular complexity index is 1310. The number of carbonyl (C=O) groups excluding carboxylic acids is 2. The minimum atomic E-state index is -0.674. The second kappa shape index (κ2) is 12.8. The maximum atomic E-state index is 13.9. The standard InChI is InChI=1S/C31H32Cl2N2O4/c32-25-13-10-23(16-26(25)33)19-35(30(36)15-12-22-11-14-28-29(18-22)39-20-38-28)27(17-21-6-2-1-3-7-21)31(37)34-24-8-4-5-9-24/h1-3,6-7,10-11,13-14,16,18,24,27H,4-5,8-9,12,15,17,19-20H2,(H,34,37). The molecule has 1 atom stereocenters. The fourth-order valence-corrected chi connectivity index (χ4v) is 5.57. The molecule has 0 bridgehead atoms. The van der Waals surface area contributed by atoms with E-state index < -0.39 is 6.04 Å². The van der Waals surface area contributed by atoms with E-state index in [0.29, 0.717) is 34.4 Å². The van der Waals surface area contributed by atoms with Gasteiger partial charge in [-0.15, -0.1) is 0 Å². The van der Waals surface area contributed by atoms with Gasteiger partial charge < -0.3 is 19.7 Å². The Hall–Kier alpha value is -3.22. The molecule has 2 amide bonds. The van der Waals surface area contributed by atoms with E-state index in [2.05, 4.69) is 5.32 Å². The van der Waals surface area contributed by atoms with E-state index >= 15 is 0 Å². The number of fused-ring (bicyclic) bond motifs is 1. The quantitative estimate of drug-likeness (QED) is 0.310. The fourth-order valence-electron chi connectivity index (χ4n) is 5.25. The van der Waals surface area contributed by atoms with Crippen LogP contribution in [0.25, 0.3) is 0 Å². The van der Waals surface area contributed by atoms with Gasteiger partial charge in [0.15, 0.2) is 11.5 Å². The van der Waals surface area contributed by atoms with Gasteiger partial charge in [0.1, 0.15) is 6.04 Å².